The Morgan fingerprint density at radius 1 is 0.967 bits per heavy atom. The average molecular weight is 410 g/mol. The highest BCUT2D eigenvalue weighted by Crippen LogP contribution is 2.17. The number of anilines is 1. The minimum Gasteiger partial charge on any atom is -0.459 e. The number of esters is 1. The lowest BCUT2D eigenvalue weighted by Crippen LogP contribution is -2.30. The van der Waals surface area contributed by atoms with Crippen molar-refractivity contribution in [3.8, 4) is 0 Å². The summed E-state index contributed by atoms with van der Waals surface area (Å²) < 4.78 is 22.9. The fraction of sp³-hybridized carbons (Fsp3) is 0.136. The molecule has 2 aromatic carbocycles. The van der Waals surface area contributed by atoms with Crippen LogP contribution in [0.3, 0.4) is 0 Å². The first-order chi connectivity index (χ1) is 14.5. The molecule has 0 atom stereocenters. The molecule has 0 aliphatic rings. The maximum atomic E-state index is 12.9. The zero-order chi connectivity index (χ0) is 21.3. The van der Waals surface area contributed by atoms with Crippen molar-refractivity contribution < 1.29 is 27.9 Å². The predicted octanol–water partition coefficient (Wildman–Crippen LogP) is 3.19. The molecule has 0 radical (unpaired) electrons. The van der Waals surface area contributed by atoms with E-state index in [9.17, 15) is 18.8 Å². The maximum absolute atomic E-state index is 12.9. The van der Waals surface area contributed by atoms with Crippen LogP contribution in [-0.4, -0.2) is 30.9 Å². The fourth-order valence-electron chi connectivity index (χ4n) is 2.62. The number of carbonyl (C=O) groups is 3. The van der Waals surface area contributed by atoms with Gasteiger partial charge in [-0.1, -0.05) is 24.3 Å². The summed E-state index contributed by atoms with van der Waals surface area (Å²) in [7, 11) is 0. The van der Waals surface area contributed by atoms with Crippen molar-refractivity contribution in [1.29, 1.82) is 0 Å². The molecule has 7 nitrogen and oxygen atoms in total. The van der Waals surface area contributed by atoms with E-state index in [4.69, 9.17) is 9.15 Å². The molecule has 1 aromatic heterocycles. The van der Waals surface area contributed by atoms with Crippen LogP contribution in [0.25, 0.3) is 0 Å². The number of halogens is 1. The van der Waals surface area contributed by atoms with Crippen LogP contribution in [0.4, 0.5) is 10.1 Å². The molecule has 154 valence electrons. The van der Waals surface area contributed by atoms with Gasteiger partial charge in [0.1, 0.15) is 5.82 Å². The zero-order valence-corrected chi connectivity index (χ0v) is 15.9. The van der Waals surface area contributed by atoms with Gasteiger partial charge in [-0.2, -0.15) is 0 Å². The van der Waals surface area contributed by atoms with Crippen LogP contribution >= 0.6 is 0 Å². The van der Waals surface area contributed by atoms with Gasteiger partial charge < -0.3 is 19.8 Å². The molecule has 0 aliphatic heterocycles. The van der Waals surface area contributed by atoms with Gasteiger partial charge in [0, 0.05) is 6.54 Å². The Morgan fingerprint density at radius 3 is 2.47 bits per heavy atom. The second-order valence-corrected chi connectivity index (χ2v) is 6.28. The van der Waals surface area contributed by atoms with Crippen molar-refractivity contribution >= 4 is 23.5 Å². The van der Waals surface area contributed by atoms with Crippen LogP contribution in [0.5, 0.6) is 0 Å². The van der Waals surface area contributed by atoms with Crippen molar-refractivity contribution in [2.24, 2.45) is 0 Å². The minimum absolute atomic E-state index is 0.0960. The lowest BCUT2D eigenvalue weighted by Gasteiger charge is -2.10. The molecule has 0 saturated heterocycles. The van der Waals surface area contributed by atoms with Crippen LogP contribution < -0.4 is 10.6 Å². The third kappa shape index (κ3) is 5.78. The fourth-order valence-corrected chi connectivity index (χ4v) is 2.62. The summed E-state index contributed by atoms with van der Waals surface area (Å²) in [6, 6.07) is 15.3. The zero-order valence-electron chi connectivity index (χ0n) is 15.9. The molecule has 2 N–H and O–H groups in total. The summed E-state index contributed by atoms with van der Waals surface area (Å²) in [6.07, 6.45) is 1.88. The van der Waals surface area contributed by atoms with Crippen LogP contribution in [0.15, 0.2) is 71.3 Å². The summed E-state index contributed by atoms with van der Waals surface area (Å²) in [5, 5.41) is 5.20. The van der Waals surface area contributed by atoms with E-state index < -0.39 is 24.4 Å². The summed E-state index contributed by atoms with van der Waals surface area (Å²) in [5.41, 5.74) is 1.21. The highest BCUT2D eigenvalue weighted by molar-refractivity contribution is 6.06. The predicted molar refractivity (Wildman–Crippen MR) is 106 cm³/mol. The van der Waals surface area contributed by atoms with E-state index in [0.717, 1.165) is 5.56 Å². The summed E-state index contributed by atoms with van der Waals surface area (Å²) >= 11 is 0. The van der Waals surface area contributed by atoms with E-state index in [1.165, 1.54) is 30.5 Å². The highest BCUT2D eigenvalue weighted by Gasteiger charge is 2.17. The number of hydrogen-bond donors (Lipinski definition) is 2. The van der Waals surface area contributed by atoms with Gasteiger partial charge in [0.25, 0.3) is 11.8 Å². The van der Waals surface area contributed by atoms with E-state index in [1.807, 2.05) is 0 Å². The van der Waals surface area contributed by atoms with E-state index in [0.29, 0.717) is 13.0 Å². The summed E-state index contributed by atoms with van der Waals surface area (Å²) in [6.45, 7) is -0.152. The van der Waals surface area contributed by atoms with Crippen molar-refractivity contribution in [2.75, 3.05) is 18.5 Å². The lowest BCUT2D eigenvalue weighted by atomic mass is 10.1. The van der Waals surface area contributed by atoms with Crippen molar-refractivity contribution in [2.45, 2.75) is 6.42 Å². The largest absolute Gasteiger partial charge is 0.459 e. The molecular formula is C22H19FN2O5. The Morgan fingerprint density at radius 2 is 1.73 bits per heavy atom. The lowest BCUT2D eigenvalue weighted by molar-refractivity contribution is -0.124. The molecular weight excluding hydrogens is 391 g/mol. The van der Waals surface area contributed by atoms with Gasteiger partial charge in [0.2, 0.25) is 0 Å². The highest BCUT2D eigenvalue weighted by atomic mass is 19.1. The molecule has 2 amide bonds. The standard InChI is InChI=1S/C22H19FN2O5/c23-16-9-7-15(8-10-16)11-12-24-20(26)14-30-22(28)17-4-1-2-5-18(17)25-21(27)19-6-3-13-29-19/h1-10,13H,11-12,14H2,(H,24,26)(H,25,27). The molecule has 0 bridgehead atoms. The number of benzene rings is 2. The van der Waals surface area contributed by atoms with Gasteiger partial charge in [-0.15, -0.1) is 0 Å². The molecule has 0 saturated carbocycles. The number of ether oxygens (including phenoxy) is 1. The number of nitrogens with one attached hydrogen (secondary N) is 2. The summed E-state index contributed by atoms with van der Waals surface area (Å²) in [4.78, 5) is 36.4. The van der Waals surface area contributed by atoms with Crippen molar-refractivity contribution in [3.63, 3.8) is 0 Å². The Kier molecular flexibility index (Phi) is 6.94. The van der Waals surface area contributed by atoms with Crippen LogP contribution in [-0.2, 0) is 16.0 Å². The topological polar surface area (TPSA) is 97.6 Å². The molecule has 0 unspecified atom stereocenters. The number of carbonyl (C=O) groups excluding carboxylic acids is 3. The smallest absolute Gasteiger partial charge is 0.340 e. The third-order valence-corrected chi connectivity index (χ3v) is 4.12. The van der Waals surface area contributed by atoms with Gasteiger partial charge in [-0.3, -0.25) is 9.59 Å². The third-order valence-electron chi connectivity index (χ3n) is 4.12. The van der Waals surface area contributed by atoms with Gasteiger partial charge in [-0.25, -0.2) is 9.18 Å². The second-order valence-electron chi connectivity index (χ2n) is 6.28. The first kappa shape index (κ1) is 20.8. The second kappa shape index (κ2) is 10.0. The van der Waals surface area contributed by atoms with E-state index in [-0.39, 0.29) is 22.8 Å². The van der Waals surface area contributed by atoms with Gasteiger partial charge >= 0.3 is 5.97 Å². The van der Waals surface area contributed by atoms with Gasteiger partial charge in [-0.05, 0) is 48.4 Å². The number of furan rings is 1. The van der Waals surface area contributed by atoms with E-state index in [1.54, 1.807) is 36.4 Å². The quantitative estimate of drug-likeness (QED) is 0.556. The molecule has 0 spiro atoms. The summed E-state index contributed by atoms with van der Waals surface area (Å²) in [5.74, 6) is -1.96. The molecule has 3 aromatic rings. The number of hydrogen-bond acceptors (Lipinski definition) is 5. The molecule has 1 heterocycles. The van der Waals surface area contributed by atoms with E-state index in [2.05, 4.69) is 10.6 Å². The Hall–Kier alpha value is -3.94. The average Bonchev–Trinajstić information content (AvgIpc) is 3.29. The van der Waals surface area contributed by atoms with Crippen LogP contribution in [0, 0.1) is 5.82 Å². The van der Waals surface area contributed by atoms with Crippen LogP contribution in [0.2, 0.25) is 0 Å². The normalized spacial score (nSPS) is 10.3. The number of para-hydroxylation sites is 1. The maximum Gasteiger partial charge on any atom is 0.340 e. The molecule has 8 heteroatoms. The first-order valence-corrected chi connectivity index (χ1v) is 9.15. The minimum atomic E-state index is -0.751. The Balaban J connectivity index is 1.49. The van der Waals surface area contributed by atoms with E-state index >= 15 is 0 Å². The van der Waals surface area contributed by atoms with Crippen molar-refractivity contribution in [1.82, 2.24) is 5.32 Å². The van der Waals surface area contributed by atoms with Crippen molar-refractivity contribution in [3.05, 3.63) is 89.6 Å². The first-order valence-electron chi connectivity index (χ1n) is 9.15. The monoisotopic (exact) mass is 410 g/mol. The number of rotatable bonds is 8. The Labute approximate surface area is 171 Å². The Bertz CT molecular complexity index is 1020. The molecule has 0 aliphatic carbocycles. The molecule has 0 fully saturated rings. The van der Waals surface area contributed by atoms with Gasteiger partial charge in [0.05, 0.1) is 17.5 Å². The van der Waals surface area contributed by atoms with Gasteiger partial charge in [0.15, 0.2) is 12.4 Å². The number of amides is 2. The molecule has 30 heavy (non-hydrogen) atoms. The SMILES string of the molecule is O=C(COC(=O)c1ccccc1NC(=O)c1ccco1)NCCc1ccc(F)cc1. The molecule has 3 rings (SSSR count). The van der Waals surface area contributed by atoms with Crippen LogP contribution in [0.1, 0.15) is 26.5 Å².